The third kappa shape index (κ3) is 42.1. The highest BCUT2D eigenvalue weighted by atomic mass is 35.5. The monoisotopic (exact) mass is 1430 g/mol. The molecule has 7 rings (SSSR count). The van der Waals surface area contributed by atoms with Crippen LogP contribution in [-0.2, 0) is 21.1 Å². The van der Waals surface area contributed by atoms with Crippen molar-refractivity contribution in [1.82, 2.24) is 0 Å². The highest BCUT2D eigenvalue weighted by molar-refractivity contribution is 6.23. The fraction of sp³-hybridized carbons (Fsp3) is 0.511. The molecule has 7 N–H and O–H groups in total. The highest BCUT2D eigenvalue weighted by Crippen LogP contribution is 2.44. The van der Waals surface area contributed by atoms with Crippen molar-refractivity contribution in [2.45, 2.75) is 305 Å². The van der Waals surface area contributed by atoms with Gasteiger partial charge in [-0.25, -0.2) is 0 Å². The molecule has 12 heteroatoms. The maximum absolute atomic E-state index is 12.8. The molecule has 0 radical (unpaired) electrons. The SMILES string of the molecule is C.C.C.C.C.C.C.C.C.C.C.C.C.C.CCC(C)(C#N)c1ccc(O)cc1.CCC(C)(C)c1ccc(O)cc1.CCC(C)(Cl)c1ccc(O)cc1.CCC(C)(c1ccc(O)cc1)C(F)(F)F.CCC(C)c1ccc(O)c(C)c1.CCC(C)c1ccc(O)cc1.CCC(C)c1cccc(O)c1. The second-order valence-corrected chi connectivity index (χ2v) is 24.0. The smallest absolute Gasteiger partial charge is 0.398 e. The van der Waals surface area contributed by atoms with Crippen molar-refractivity contribution in [3.63, 3.8) is 0 Å². The Morgan fingerprint density at radius 1 is 0.370 bits per heavy atom. The van der Waals surface area contributed by atoms with Gasteiger partial charge in [-0.05, 0) is 219 Å². The van der Waals surface area contributed by atoms with Gasteiger partial charge in [-0.1, -0.05) is 272 Å². The average molecular weight is 1430 g/mol. The van der Waals surface area contributed by atoms with E-state index in [-0.39, 0.29) is 143 Å². The Bertz CT molecular complexity index is 2980. The van der Waals surface area contributed by atoms with Crippen LogP contribution in [0.15, 0.2) is 164 Å². The molecule has 7 aromatic carbocycles. The Balaban J connectivity index is -0.0000000704. The Morgan fingerprint density at radius 2 is 0.680 bits per heavy atom. The van der Waals surface area contributed by atoms with E-state index in [0.717, 1.165) is 55.2 Å². The van der Waals surface area contributed by atoms with Gasteiger partial charge in [0.2, 0.25) is 0 Å². The number of phenols is 7. The molecule has 0 saturated carbocycles. The van der Waals surface area contributed by atoms with Crippen LogP contribution >= 0.6 is 11.6 Å². The molecular weight excluding hydrogens is 1280 g/mol. The maximum Gasteiger partial charge on any atom is 0.398 e. The summed E-state index contributed by atoms with van der Waals surface area (Å²) in [5.74, 6) is 3.65. The summed E-state index contributed by atoms with van der Waals surface area (Å²) >= 11 is 6.22. The number of nitriles is 1. The van der Waals surface area contributed by atoms with Gasteiger partial charge in [0.05, 0.1) is 21.8 Å². The van der Waals surface area contributed by atoms with Crippen molar-refractivity contribution >= 4 is 11.6 Å². The van der Waals surface area contributed by atoms with Gasteiger partial charge in [-0.3, -0.25) is 0 Å². The molecular formula is C88H155ClF3NO7. The summed E-state index contributed by atoms with van der Waals surface area (Å²) in [5.41, 5.74) is 6.18. The standard InChI is InChI=1S/C11H13F3O.C11H13NO.2C11H16O.C10H13ClO.2C10H14O.14CH4/c1-3-10(2,11(12,13)14)8-4-6-9(15)7-5-8;1-3-11(2,8-12)9-4-6-10(13)7-5-9;1-4-11(2,3)9-5-7-10(12)8-6-9;1-4-8(2)10-5-6-11(12)9(3)7-10;1-3-10(2,11)8-4-6-9(12)7-5-8;1-3-8(2)9-4-6-10(11)7-5-9;1-3-8(2)9-5-4-6-10(11)7-9;;;;;;;;;;;;;;/h4-7,15H,3H2,1-2H3;4-7,13H,3H2,1-2H3;2*5-8,12H,4H2,1-3H3;4-7,12H,3H2,1-2H3;2*4-8,11H,3H2,1-2H3;14*1H4. The number of benzene rings is 7. The van der Waals surface area contributed by atoms with Gasteiger partial charge >= 0.3 is 6.18 Å². The molecule has 582 valence electrons. The van der Waals surface area contributed by atoms with Crippen LogP contribution < -0.4 is 0 Å². The molecule has 8 nitrogen and oxygen atoms in total. The van der Waals surface area contributed by atoms with Crippen LogP contribution in [-0.4, -0.2) is 41.9 Å². The van der Waals surface area contributed by atoms with Crippen molar-refractivity contribution in [3.8, 4) is 46.3 Å². The zero-order valence-electron chi connectivity index (χ0n) is 53.9. The summed E-state index contributed by atoms with van der Waals surface area (Å²) in [5, 5.41) is 72.7. The number of aromatic hydroxyl groups is 7. The number of nitrogens with zero attached hydrogens (tertiary/aromatic N) is 1. The number of rotatable bonds is 14. The van der Waals surface area contributed by atoms with Crippen LogP contribution in [0.25, 0.3) is 0 Å². The second kappa shape index (κ2) is 60.5. The number of aryl methyl sites for hydroxylation is 1. The van der Waals surface area contributed by atoms with Crippen molar-refractivity contribution in [1.29, 1.82) is 5.26 Å². The minimum Gasteiger partial charge on any atom is -0.508 e. The van der Waals surface area contributed by atoms with E-state index < -0.39 is 17.0 Å². The van der Waals surface area contributed by atoms with Crippen molar-refractivity contribution in [2.75, 3.05) is 0 Å². The van der Waals surface area contributed by atoms with E-state index in [1.54, 1.807) is 72.8 Å². The summed E-state index contributed by atoms with van der Waals surface area (Å²) < 4.78 is 38.5. The molecule has 0 heterocycles. The molecule has 0 saturated heterocycles. The van der Waals surface area contributed by atoms with Crippen LogP contribution in [0, 0.1) is 18.3 Å². The van der Waals surface area contributed by atoms with E-state index in [2.05, 4.69) is 74.4 Å². The lowest BCUT2D eigenvalue weighted by Gasteiger charge is -2.31. The van der Waals surface area contributed by atoms with Crippen LogP contribution in [0.5, 0.6) is 40.2 Å². The summed E-state index contributed by atoms with van der Waals surface area (Å²) in [6, 6.07) is 49.5. The van der Waals surface area contributed by atoms with E-state index in [9.17, 15) is 18.3 Å². The molecule has 6 atom stereocenters. The molecule has 0 amide bonds. The van der Waals surface area contributed by atoms with Crippen molar-refractivity contribution < 1.29 is 48.9 Å². The lowest BCUT2D eigenvalue weighted by molar-refractivity contribution is -0.186. The van der Waals surface area contributed by atoms with Gasteiger partial charge in [0.15, 0.2) is 0 Å². The molecule has 100 heavy (non-hydrogen) atoms. The second-order valence-electron chi connectivity index (χ2n) is 23.1. The zero-order chi connectivity index (χ0) is 65.6. The van der Waals surface area contributed by atoms with Crippen molar-refractivity contribution in [3.05, 3.63) is 208 Å². The minimum atomic E-state index is -4.28. The van der Waals surface area contributed by atoms with Crippen LogP contribution in [0.2, 0.25) is 0 Å². The van der Waals surface area contributed by atoms with Gasteiger partial charge in [-0.15, -0.1) is 11.6 Å². The largest absolute Gasteiger partial charge is 0.508 e. The molecule has 0 bridgehead atoms. The Morgan fingerprint density at radius 3 is 0.970 bits per heavy atom. The molecule has 0 fully saturated rings. The minimum absolute atomic E-state index is 0. The first kappa shape index (κ1) is 126. The molecule has 0 spiro atoms. The number of halogens is 4. The lowest BCUT2D eigenvalue weighted by atomic mass is 9.79. The normalized spacial score (nSPS) is 11.9. The number of hydrogen-bond donors (Lipinski definition) is 7. The first-order chi connectivity index (χ1) is 40.2. The quantitative estimate of drug-likeness (QED) is 0.0529. The summed E-state index contributed by atoms with van der Waals surface area (Å²) in [4.78, 5) is -0.312. The molecule has 0 aliphatic rings. The Labute approximate surface area is 621 Å². The lowest BCUT2D eigenvalue weighted by Crippen LogP contribution is -2.38. The topological polar surface area (TPSA) is 165 Å². The summed E-state index contributed by atoms with van der Waals surface area (Å²) in [6.45, 7) is 32.1. The molecule has 6 unspecified atom stereocenters. The maximum atomic E-state index is 12.8. The third-order valence-electron chi connectivity index (χ3n) is 16.5. The average Bonchev–Trinajstić information content (AvgIpc) is 0.791. The number of phenolic OH excluding ortho intramolecular Hbond substituents is 7. The predicted octanol–water partition coefficient (Wildman–Crippen LogP) is 30.5. The van der Waals surface area contributed by atoms with Gasteiger partial charge < -0.3 is 35.7 Å². The number of alkyl halides is 4. The van der Waals surface area contributed by atoms with E-state index in [1.165, 1.54) is 60.4 Å². The van der Waals surface area contributed by atoms with Crippen LogP contribution in [0.1, 0.15) is 315 Å². The molecule has 0 aromatic heterocycles. The van der Waals surface area contributed by atoms with Crippen molar-refractivity contribution in [2.24, 2.45) is 0 Å². The summed E-state index contributed by atoms with van der Waals surface area (Å²) in [7, 11) is 0. The zero-order valence-corrected chi connectivity index (χ0v) is 54.6. The van der Waals surface area contributed by atoms with E-state index in [0.29, 0.717) is 40.8 Å². The molecule has 7 aromatic rings. The van der Waals surface area contributed by atoms with E-state index in [1.807, 2.05) is 95.3 Å². The van der Waals surface area contributed by atoms with E-state index in [4.69, 9.17) is 47.5 Å². The first-order valence-corrected chi connectivity index (χ1v) is 30.3. The van der Waals surface area contributed by atoms with E-state index >= 15 is 0 Å². The third-order valence-corrected chi connectivity index (χ3v) is 17.0. The molecule has 0 aliphatic heterocycles. The first-order valence-electron chi connectivity index (χ1n) is 29.9. The van der Waals surface area contributed by atoms with Crippen LogP contribution in [0.4, 0.5) is 13.2 Å². The summed E-state index contributed by atoms with van der Waals surface area (Å²) in [6.07, 6.45) is 1.85. The Kier molecular flexibility index (Phi) is 76.1. The highest BCUT2D eigenvalue weighted by Gasteiger charge is 2.50. The predicted molar refractivity (Wildman–Crippen MR) is 446 cm³/mol. The fourth-order valence-electron chi connectivity index (χ4n) is 8.03. The number of hydrogen-bond acceptors (Lipinski definition) is 8. The van der Waals surface area contributed by atoms with Gasteiger partial charge in [0.25, 0.3) is 0 Å². The van der Waals surface area contributed by atoms with Gasteiger partial charge in [-0.2, -0.15) is 18.4 Å². The van der Waals surface area contributed by atoms with Gasteiger partial charge in [0.1, 0.15) is 40.2 Å². The van der Waals surface area contributed by atoms with Gasteiger partial charge in [0, 0.05) is 0 Å². The molecule has 0 aliphatic carbocycles. The fourth-order valence-corrected chi connectivity index (χ4v) is 8.16. The van der Waals surface area contributed by atoms with Crippen LogP contribution in [0.3, 0.4) is 0 Å². The Hall–Kier alpha value is -7.29.